The molecule has 0 N–H and O–H groups in total. The molecular weight excluding hydrogens is 534 g/mol. The third-order valence-electron chi connectivity index (χ3n) is 7.34. The maximum absolute atomic E-state index is 14.0. The number of methoxy groups -OCH3 is 1. The fourth-order valence-electron chi connectivity index (χ4n) is 5.27. The van der Waals surface area contributed by atoms with Crippen molar-refractivity contribution in [3.05, 3.63) is 105 Å². The van der Waals surface area contributed by atoms with E-state index in [4.69, 9.17) is 14.2 Å². The zero-order chi connectivity index (χ0) is 29.9. The summed E-state index contributed by atoms with van der Waals surface area (Å²) in [5.74, 6) is 1.19. The number of hydrogen-bond acceptors (Lipinski definition) is 6. The molecule has 0 atom stereocenters. The van der Waals surface area contributed by atoms with Crippen LogP contribution in [-0.2, 0) is 17.9 Å². The van der Waals surface area contributed by atoms with Crippen LogP contribution in [0.3, 0.4) is 0 Å². The highest BCUT2D eigenvalue weighted by Gasteiger charge is 2.29. The SMILES string of the molecule is COc1cccc(Cn2c(=O)c3cc(OCc4ccccc4)ccc3n(C3CCN(C(=O)OC(C)(C)C)CC3)c2=O)c1. The minimum atomic E-state index is -0.586. The minimum absolute atomic E-state index is 0.0939. The van der Waals surface area contributed by atoms with Crippen molar-refractivity contribution in [2.45, 2.75) is 58.4 Å². The predicted molar refractivity (Wildman–Crippen MR) is 161 cm³/mol. The highest BCUT2D eigenvalue weighted by Crippen LogP contribution is 2.27. The van der Waals surface area contributed by atoms with E-state index in [-0.39, 0.29) is 29.9 Å². The Labute approximate surface area is 244 Å². The summed E-state index contributed by atoms with van der Waals surface area (Å²) < 4.78 is 19.9. The smallest absolute Gasteiger partial charge is 0.410 e. The van der Waals surface area contributed by atoms with E-state index in [9.17, 15) is 14.4 Å². The lowest BCUT2D eigenvalue weighted by Gasteiger charge is -2.34. The van der Waals surface area contributed by atoms with Crippen molar-refractivity contribution in [2.75, 3.05) is 20.2 Å². The highest BCUT2D eigenvalue weighted by molar-refractivity contribution is 5.80. The molecule has 220 valence electrons. The maximum atomic E-state index is 14.0. The Balaban J connectivity index is 1.51. The number of hydrogen-bond donors (Lipinski definition) is 0. The van der Waals surface area contributed by atoms with Gasteiger partial charge in [0.25, 0.3) is 5.56 Å². The number of amides is 1. The maximum Gasteiger partial charge on any atom is 0.410 e. The van der Waals surface area contributed by atoms with Crippen LogP contribution in [-0.4, -0.2) is 45.9 Å². The summed E-state index contributed by atoms with van der Waals surface area (Å²) >= 11 is 0. The molecule has 1 aliphatic rings. The Hall–Kier alpha value is -4.53. The molecule has 9 nitrogen and oxygen atoms in total. The first kappa shape index (κ1) is 29.0. The van der Waals surface area contributed by atoms with Crippen molar-refractivity contribution in [3.8, 4) is 11.5 Å². The molecule has 0 bridgehead atoms. The predicted octanol–water partition coefficient (Wildman–Crippen LogP) is 5.37. The van der Waals surface area contributed by atoms with Crippen LogP contribution >= 0.6 is 0 Å². The molecule has 1 saturated heterocycles. The highest BCUT2D eigenvalue weighted by atomic mass is 16.6. The topological polar surface area (TPSA) is 92.0 Å². The largest absolute Gasteiger partial charge is 0.497 e. The molecular formula is C33H37N3O6. The summed E-state index contributed by atoms with van der Waals surface area (Å²) in [6.07, 6.45) is 0.747. The number of carbonyl (C=O) groups is 1. The molecule has 0 spiro atoms. The molecule has 9 heteroatoms. The first-order valence-electron chi connectivity index (χ1n) is 14.2. The van der Waals surface area contributed by atoms with E-state index < -0.39 is 5.60 Å². The van der Waals surface area contributed by atoms with E-state index in [1.54, 1.807) is 34.8 Å². The lowest BCUT2D eigenvalue weighted by molar-refractivity contribution is 0.0188. The summed E-state index contributed by atoms with van der Waals surface area (Å²) in [4.78, 5) is 42.2. The van der Waals surface area contributed by atoms with Gasteiger partial charge in [-0.05, 0) is 75.1 Å². The van der Waals surface area contributed by atoms with Gasteiger partial charge in [-0.3, -0.25) is 13.9 Å². The molecule has 42 heavy (non-hydrogen) atoms. The Morgan fingerprint density at radius 1 is 0.881 bits per heavy atom. The Morgan fingerprint density at radius 2 is 1.60 bits per heavy atom. The molecule has 5 rings (SSSR count). The van der Waals surface area contributed by atoms with Gasteiger partial charge < -0.3 is 19.1 Å². The fourth-order valence-corrected chi connectivity index (χ4v) is 5.27. The van der Waals surface area contributed by atoms with Gasteiger partial charge in [0.1, 0.15) is 23.7 Å². The van der Waals surface area contributed by atoms with Crippen LogP contribution in [0.4, 0.5) is 4.79 Å². The molecule has 1 aromatic heterocycles. The van der Waals surface area contributed by atoms with Gasteiger partial charge in [0.2, 0.25) is 0 Å². The second-order valence-corrected chi connectivity index (χ2v) is 11.5. The molecule has 1 aliphatic heterocycles. The van der Waals surface area contributed by atoms with Crippen LogP contribution in [0.25, 0.3) is 10.9 Å². The van der Waals surface area contributed by atoms with Gasteiger partial charge in [0, 0.05) is 19.1 Å². The van der Waals surface area contributed by atoms with Gasteiger partial charge in [-0.2, -0.15) is 0 Å². The number of fused-ring (bicyclic) bond motifs is 1. The molecule has 0 saturated carbocycles. The van der Waals surface area contributed by atoms with Crippen molar-refractivity contribution in [1.29, 1.82) is 0 Å². The average Bonchev–Trinajstić information content (AvgIpc) is 2.98. The third kappa shape index (κ3) is 6.51. The van der Waals surface area contributed by atoms with Gasteiger partial charge in [0.15, 0.2) is 0 Å². The van der Waals surface area contributed by atoms with Gasteiger partial charge in [-0.25, -0.2) is 9.59 Å². The molecule has 0 radical (unpaired) electrons. The summed E-state index contributed by atoms with van der Waals surface area (Å²) in [6.45, 7) is 6.86. The second-order valence-electron chi connectivity index (χ2n) is 11.5. The van der Waals surface area contributed by atoms with Crippen LogP contribution in [0.2, 0.25) is 0 Å². The Kier molecular flexibility index (Phi) is 8.38. The van der Waals surface area contributed by atoms with Crippen LogP contribution in [0, 0.1) is 0 Å². The van der Waals surface area contributed by atoms with Crippen LogP contribution in [0.5, 0.6) is 11.5 Å². The summed E-state index contributed by atoms with van der Waals surface area (Å²) in [6, 6.07) is 22.2. The lowest BCUT2D eigenvalue weighted by Crippen LogP contribution is -2.46. The van der Waals surface area contributed by atoms with E-state index in [2.05, 4.69) is 0 Å². The number of benzene rings is 3. The number of likely N-dealkylation sites (tertiary alicyclic amines) is 1. The Morgan fingerprint density at radius 3 is 2.29 bits per heavy atom. The van der Waals surface area contributed by atoms with E-state index in [0.29, 0.717) is 54.9 Å². The average molecular weight is 572 g/mol. The van der Waals surface area contributed by atoms with Gasteiger partial charge >= 0.3 is 11.8 Å². The summed E-state index contributed by atoms with van der Waals surface area (Å²) in [5.41, 5.74) is 0.978. The second kappa shape index (κ2) is 12.1. The quantitative estimate of drug-likeness (QED) is 0.296. The first-order chi connectivity index (χ1) is 20.1. The number of ether oxygens (including phenoxy) is 3. The number of aromatic nitrogens is 2. The zero-order valence-corrected chi connectivity index (χ0v) is 24.5. The van der Waals surface area contributed by atoms with E-state index in [0.717, 1.165) is 11.1 Å². The number of piperidine rings is 1. The summed E-state index contributed by atoms with van der Waals surface area (Å²) in [7, 11) is 1.58. The summed E-state index contributed by atoms with van der Waals surface area (Å²) in [5, 5.41) is 0.401. The third-order valence-corrected chi connectivity index (χ3v) is 7.34. The van der Waals surface area contributed by atoms with Crippen molar-refractivity contribution < 1.29 is 19.0 Å². The molecule has 1 amide bonds. The molecule has 4 aromatic rings. The van der Waals surface area contributed by atoms with Crippen LogP contribution < -0.4 is 20.7 Å². The number of rotatable bonds is 7. The normalized spacial score (nSPS) is 14.1. The standard InChI is InChI=1S/C33H37N3O6/c1-33(2,3)42-32(39)34-17-15-25(16-18-34)36-29-14-13-27(41-22-23-9-6-5-7-10-23)20-28(29)30(37)35(31(36)38)21-24-11-8-12-26(19-24)40-4/h5-14,19-20,25H,15-18,21-22H2,1-4H3. The molecule has 0 aliphatic carbocycles. The Bertz CT molecular complexity index is 1680. The van der Waals surface area contributed by atoms with Crippen molar-refractivity contribution in [3.63, 3.8) is 0 Å². The lowest BCUT2D eigenvalue weighted by atomic mass is 10.0. The first-order valence-corrected chi connectivity index (χ1v) is 14.2. The van der Waals surface area contributed by atoms with Crippen LogP contribution in [0.1, 0.15) is 50.8 Å². The van der Waals surface area contributed by atoms with Crippen molar-refractivity contribution in [2.24, 2.45) is 0 Å². The molecule has 1 fully saturated rings. The molecule has 2 heterocycles. The minimum Gasteiger partial charge on any atom is -0.497 e. The van der Waals surface area contributed by atoms with Crippen LogP contribution in [0.15, 0.2) is 82.4 Å². The van der Waals surface area contributed by atoms with Gasteiger partial charge in [-0.15, -0.1) is 0 Å². The zero-order valence-electron chi connectivity index (χ0n) is 24.5. The monoisotopic (exact) mass is 571 g/mol. The number of nitrogens with zero attached hydrogens (tertiary/aromatic N) is 3. The van der Waals surface area contributed by atoms with Crippen molar-refractivity contribution >= 4 is 17.0 Å². The van der Waals surface area contributed by atoms with E-state index in [1.807, 2.05) is 75.4 Å². The van der Waals surface area contributed by atoms with Crippen molar-refractivity contribution in [1.82, 2.24) is 14.0 Å². The molecule has 3 aromatic carbocycles. The van der Waals surface area contributed by atoms with Gasteiger partial charge in [-0.1, -0.05) is 42.5 Å². The fraction of sp³-hybridized carbons (Fsp3) is 0.364. The number of carbonyl (C=O) groups excluding carboxylic acids is 1. The molecule has 0 unspecified atom stereocenters. The van der Waals surface area contributed by atoms with E-state index >= 15 is 0 Å². The van der Waals surface area contributed by atoms with Gasteiger partial charge in [0.05, 0.1) is 24.6 Å². The van der Waals surface area contributed by atoms with E-state index in [1.165, 1.54) is 4.57 Å².